The highest BCUT2D eigenvalue weighted by Gasteiger charge is 2.42. The molecular weight excluding hydrogens is 552 g/mol. The second-order valence-electron chi connectivity index (χ2n) is 12.1. The molecule has 3 aromatic heterocycles. The molecule has 0 aliphatic carbocycles. The van der Waals surface area contributed by atoms with Crippen molar-refractivity contribution in [3.8, 4) is 11.3 Å². The molecule has 1 amide bonds. The van der Waals surface area contributed by atoms with Crippen molar-refractivity contribution >= 4 is 39.9 Å². The van der Waals surface area contributed by atoms with Crippen LogP contribution < -0.4 is 15.5 Å². The van der Waals surface area contributed by atoms with Crippen molar-refractivity contribution in [1.82, 2.24) is 24.6 Å². The summed E-state index contributed by atoms with van der Waals surface area (Å²) in [5.41, 5.74) is 5.51. The van der Waals surface area contributed by atoms with Crippen LogP contribution in [0, 0.1) is 0 Å². The van der Waals surface area contributed by atoms with E-state index in [2.05, 4.69) is 53.2 Å². The van der Waals surface area contributed by atoms with Gasteiger partial charge < -0.3 is 20.6 Å². The molecule has 224 valence electrons. The third kappa shape index (κ3) is 5.05. The van der Waals surface area contributed by atoms with E-state index in [-0.39, 0.29) is 30.0 Å². The molecule has 44 heavy (non-hydrogen) atoms. The van der Waals surface area contributed by atoms with Gasteiger partial charge >= 0.3 is 0 Å². The average molecular weight is 589 g/mol. The number of nitrogens with zero attached hydrogens (tertiary/aromatic N) is 6. The Morgan fingerprint density at radius 1 is 1.11 bits per heavy atom. The molecule has 0 radical (unpaired) electrons. The third-order valence-electron chi connectivity index (χ3n) is 8.87. The molecule has 10 nitrogen and oxygen atoms in total. The van der Waals surface area contributed by atoms with Gasteiger partial charge in [0.25, 0.3) is 0 Å². The summed E-state index contributed by atoms with van der Waals surface area (Å²) >= 11 is 0. The maximum Gasteiger partial charge on any atom is 0.247 e. The fraction of sp³-hybridized carbons (Fsp3) is 0.324. The van der Waals surface area contributed by atoms with Crippen LogP contribution in [-0.4, -0.2) is 53.8 Å². The highest BCUT2D eigenvalue weighted by atomic mass is 16.3. The number of rotatable bonds is 8. The van der Waals surface area contributed by atoms with E-state index in [1.165, 1.54) is 6.08 Å². The second kappa shape index (κ2) is 11.3. The first-order valence-corrected chi connectivity index (χ1v) is 15.3. The summed E-state index contributed by atoms with van der Waals surface area (Å²) in [5, 5.41) is 23.5. The molecule has 2 aliphatic rings. The summed E-state index contributed by atoms with van der Waals surface area (Å²) in [4.78, 5) is 29.0. The van der Waals surface area contributed by atoms with E-state index < -0.39 is 0 Å². The Hall–Kier alpha value is -4.83. The predicted octanol–water partition coefficient (Wildman–Crippen LogP) is 5.69. The third-order valence-corrected chi connectivity index (χ3v) is 8.87. The Bertz CT molecular complexity index is 1870. The van der Waals surface area contributed by atoms with Gasteiger partial charge in [0.2, 0.25) is 17.8 Å². The number of aromatic nitrogens is 5. The molecular formula is C34H36N8O2. The molecule has 0 spiro atoms. The molecule has 3 atom stereocenters. The van der Waals surface area contributed by atoms with Crippen molar-refractivity contribution < 1.29 is 9.90 Å². The van der Waals surface area contributed by atoms with Crippen LogP contribution in [0.4, 0.5) is 17.6 Å². The van der Waals surface area contributed by atoms with Gasteiger partial charge in [0.15, 0.2) is 5.65 Å². The topological polar surface area (TPSA) is 121 Å². The van der Waals surface area contributed by atoms with E-state index >= 15 is 0 Å². The molecule has 10 heteroatoms. The van der Waals surface area contributed by atoms with Crippen molar-refractivity contribution in [3.05, 3.63) is 84.7 Å². The van der Waals surface area contributed by atoms with Crippen molar-refractivity contribution in [3.63, 3.8) is 0 Å². The fourth-order valence-electron chi connectivity index (χ4n) is 6.74. The maximum absolute atomic E-state index is 11.8. The zero-order chi connectivity index (χ0) is 30.4. The van der Waals surface area contributed by atoms with Gasteiger partial charge in [-0.15, -0.1) is 0 Å². The smallest absolute Gasteiger partial charge is 0.247 e. The van der Waals surface area contributed by atoms with Crippen LogP contribution in [0.2, 0.25) is 0 Å². The first kappa shape index (κ1) is 28.0. The minimum absolute atomic E-state index is 0.244. The molecule has 5 aromatic rings. The number of amides is 1. The number of carbonyl (C=O) groups is 1. The molecule has 2 aliphatic heterocycles. The Morgan fingerprint density at radius 3 is 2.68 bits per heavy atom. The van der Waals surface area contributed by atoms with Gasteiger partial charge in [-0.1, -0.05) is 50.8 Å². The second-order valence-corrected chi connectivity index (χ2v) is 12.1. The van der Waals surface area contributed by atoms with E-state index in [1.54, 1.807) is 10.7 Å². The van der Waals surface area contributed by atoms with E-state index in [0.717, 1.165) is 64.5 Å². The van der Waals surface area contributed by atoms with Crippen molar-refractivity contribution in [2.45, 2.75) is 70.2 Å². The fourth-order valence-corrected chi connectivity index (χ4v) is 6.74. The predicted molar refractivity (Wildman–Crippen MR) is 173 cm³/mol. The number of aliphatic hydroxyl groups excluding tert-OH is 1. The summed E-state index contributed by atoms with van der Waals surface area (Å²) in [6.07, 6.45) is 8.26. The monoisotopic (exact) mass is 588 g/mol. The van der Waals surface area contributed by atoms with Crippen molar-refractivity contribution in [2.75, 3.05) is 15.5 Å². The van der Waals surface area contributed by atoms with E-state index in [1.807, 2.05) is 42.6 Å². The van der Waals surface area contributed by atoms with Gasteiger partial charge in [-0.25, -0.2) is 0 Å². The number of benzene rings is 2. The lowest BCUT2D eigenvalue weighted by molar-refractivity contribution is -0.111. The SMILES string of the molecule is C=CC(=O)Nc1ccc2c(-c3ccccc3CNc3nc(N4C5CC[C@H]4CC(O)C5)nc4c(C(C)C)cnn34)nccc2c1. The lowest BCUT2D eigenvalue weighted by Crippen LogP contribution is -2.45. The van der Waals surface area contributed by atoms with Crippen LogP contribution in [-0.2, 0) is 11.3 Å². The quantitative estimate of drug-likeness (QED) is 0.198. The van der Waals surface area contributed by atoms with E-state index in [4.69, 9.17) is 15.0 Å². The normalized spacial score (nSPS) is 19.5. The minimum Gasteiger partial charge on any atom is -0.393 e. The van der Waals surface area contributed by atoms with Gasteiger partial charge in [0.1, 0.15) is 0 Å². The zero-order valence-electron chi connectivity index (χ0n) is 24.9. The molecule has 2 unspecified atom stereocenters. The maximum atomic E-state index is 11.8. The number of fused-ring (bicyclic) bond motifs is 4. The highest BCUT2D eigenvalue weighted by molar-refractivity contribution is 6.02. The number of anilines is 3. The standard InChI is InChI=1S/C34H36N8O2/c1-4-30(44)38-23-9-12-28-21(15-23)13-14-35-31(28)27-8-6-5-7-22(27)18-36-33-40-34(39-32-29(20(2)3)19-37-42(32)33)41-24-10-11-25(41)17-26(43)16-24/h4-9,12-15,19-20,24-26,43H,1,10-11,16-18H2,2-3H3,(H,38,44)(H,36,39,40)/t24-,25?,26?/m0/s1. The summed E-state index contributed by atoms with van der Waals surface area (Å²) in [5.74, 6) is 1.34. The Kier molecular flexibility index (Phi) is 7.21. The summed E-state index contributed by atoms with van der Waals surface area (Å²) in [7, 11) is 0. The summed E-state index contributed by atoms with van der Waals surface area (Å²) in [6.45, 7) is 8.33. The van der Waals surface area contributed by atoms with Crippen LogP contribution >= 0.6 is 0 Å². The summed E-state index contributed by atoms with van der Waals surface area (Å²) in [6, 6.07) is 16.5. The van der Waals surface area contributed by atoms with Gasteiger partial charge in [-0.2, -0.15) is 19.6 Å². The molecule has 2 aromatic carbocycles. The summed E-state index contributed by atoms with van der Waals surface area (Å²) < 4.78 is 1.80. The van der Waals surface area contributed by atoms with Gasteiger partial charge in [0, 0.05) is 47.0 Å². The first-order valence-electron chi connectivity index (χ1n) is 15.3. The zero-order valence-corrected chi connectivity index (χ0v) is 24.9. The number of hydrogen-bond acceptors (Lipinski definition) is 8. The molecule has 7 rings (SSSR count). The van der Waals surface area contributed by atoms with Gasteiger partial charge in [0.05, 0.1) is 18.0 Å². The number of pyridine rings is 1. The number of aliphatic hydroxyl groups is 1. The van der Waals surface area contributed by atoms with E-state index in [0.29, 0.717) is 24.1 Å². The van der Waals surface area contributed by atoms with Crippen LogP contribution in [0.1, 0.15) is 56.6 Å². The van der Waals surface area contributed by atoms with Crippen LogP contribution in [0.25, 0.3) is 27.7 Å². The number of hydrogen-bond donors (Lipinski definition) is 3. The molecule has 2 bridgehead atoms. The largest absolute Gasteiger partial charge is 0.393 e. The number of carbonyl (C=O) groups excluding carboxylic acids is 1. The lowest BCUT2D eigenvalue weighted by atomic mass is 9.99. The number of piperidine rings is 1. The molecule has 2 saturated heterocycles. The Morgan fingerprint density at radius 2 is 1.91 bits per heavy atom. The Labute approximate surface area is 255 Å². The van der Waals surface area contributed by atoms with Crippen LogP contribution in [0.5, 0.6) is 0 Å². The highest BCUT2D eigenvalue weighted by Crippen LogP contribution is 2.39. The van der Waals surface area contributed by atoms with Gasteiger partial charge in [-0.05, 0) is 66.8 Å². The first-order chi connectivity index (χ1) is 21.4. The van der Waals surface area contributed by atoms with Crippen LogP contribution in [0.3, 0.4) is 0 Å². The molecule has 0 saturated carbocycles. The number of nitrogens with one attached hydrogen (secondary N) is 2. The molecule has 5 heterocycles. The van der Waals surface area contributed by atoms with Crippen molar-refractivity contribution in [1.29, 1.82) is 0 Å². The average Bonchev–Trinajstić information content (AvgIpc) is 3.58. The van der Waals surface area contributed by atoms with Crippen molar-refractivity contribution in [2.24, 2.45) is 0 Å². The van der Waals surface area contributed by atoms with E-state index in [9.17, 15) is 9.90 Å². The molecule has 2 fully saturated rings. The lowest BCUT2D eigenvalue weighted by Gasteiger charge is -2.37. The molecule has 3 N–H and O–H groups in total. The van der Waals surface area contributed by atoms with Gasteiger partial charge in [-0.3, -0.25) is 9.78 Å². The van der Waals surface area contributed by atoms with Crippen LogP contribution in [0.15, 0.2) is 73.6 Å². The Balaban J connectivity index is 1.24. The minimum atomic E-state index is -0.261.